The second kappa shape index (κ2) is 8.10. The van der Waals surface area contributed by atoms with E-state index in [4.69, 9.17) is 4.42 Å². The number of rotatable bonds is 5. The van der Waals surface area contributed by atoms with Crippen LogP contribution in [0.15, 0.2) is 51.4 Å². The average Bonchev–Trinajstić information content (AvgIpc) is 3.32. The fourth-order valence-electron chi connectivity index (χ4n) is 3.98. The predicted molar refractivity (Wildman–Crippen MR) is 116 cm³/mol. The van der Waals surface area contributed by atoms with Crippen LogP contribution in [0.3, 0.4) is 0 Å². The van der Waals surface area contributed by atoms with Gasteiger partial charge in [0.05, 0.1) is 6.04 Å². The number of halogens is 1. The lowest BCUT2D eigenvalue weighted by molar-refractivity contribution is 0.0911. The van der Waals surface area contributed by atoms with Gasteiger partial charge in [0, 0.05) is 22.0 Å². The van der Waals surface area contributed by atoms with Gasteiger partial charge in [0.25, 0.3) is 5.91 Å². The quantitative estimate of drug-likeness (QED) is 0.579. The summed E-state index contributed by atoms with van der Waals surface area (Å²) >= 11 is 3.48. The molecule has 4 rings (SSSR count). The molecule has 0 spiro atoms. The van der Waals surface area contributed by atoms with Crippen LogP contribution >= 0.6 is 15.9 Å². The SMILES string of the molecule is Cc1ccc(C(CNC(=O)c2oc3ccc(Br)cc3c2C)N2CCCC2)cc1. The van der Waals surface area contributed by atoms with Gasteiger partial charge in [-0.15, -0.1) is 0 Å². The summed E-state index contributed by atoms with van der Waals surface area (Å²) in [5, 5.41) is 4.09. The molecular formula is C23H25BrN2O2. The van der Waals surface area contributed by atoms with Crippen molar-refractivity contribution in [3.63, 3.8) is 0 Å². The van der Waals surface area contributed by atoms with Crippen LogP contribution in [0.5, 0.6) is 0 Å². The summed E-state index contributed by atoms with van der Waals surface area (Å²) in [6.45, 7) is 6.75. The number of nitrogens with zero attached hydrogens (tertiary/aromatic N) is 1. The van der Waals surface area contributed by atoms with Gasteiger partial charge in [-0.2, -0.15) is 0 Å². The van der Waals surface area contributed by atoms with Crippen LogP contribution in [-0.2, 0) is 0 Å². The molecule has 1 fully saturated rings. The van der Waals surface area contributed by atoms with Crippen molar-refractivity contribution in [2.75, 3.05) is 19.6 Å². The number of carbonyl (C=O) groups excluding carboxylic acids is 1. The summed E-state index contributed by atoms with van der Waals surface area (Å²) in [5.74, 6) is 0.248. The number of nitrogens with one attached hydrogen (secondary N) is 1. The van der Waals surface area contributed by atoms with Gasteiger partial charge in [0.1, 0.15) is 5.58 Å². The molecule has 1 aliphatic rings. The summed E-state index contributed by atoms with van der Waals surface area (Å²) < 4.78 is 6.82. The van der Waals surface area contributed by atoms with Crippen LogP contribution in [-0.4, -0.2) is 30.4 Å². The van der Waals surface area contributed by atoms with Gasteiger partial charge in [0.2, 0.25) is 0 Å². The molecule has 5 heteroatoms. The molecule has 1 saturated heterocycles. The predicted octanol–water partition coefficient (Wildman–Crippen LogP) is 5.38. The minimum Gasteiger partial charge on any atom is -0.451 e. The maximum Gasteiger partial charge on any atom is 0.287 e. The summed E-state index contributed by atoms with van der Waals surface area (Å²) in [6.07, 6.45) is 2.43. The lowest BCUT2D eigenvalue weighted by atomic mass is 10.0. The molecule has 146 valence electrons. The zero-order chi connectivity index (χ0) is 19.7. The number of likely N-dealkylation sites (tertiary alicyclic amines) is 1. The summed E-state index contributed by atoms with van der Waals surface area (Å²) in [6, 6.07) is 14.6. The Labute approximate surface area is 174 Å². The van der Waals surface area contributed by atoms with Crippen LogP contribution in [0.2, 0.25) is 0 Å². The number of amides is 1. The summed E-state index contributed by atoms with van der Waals surface area (Å²) in [7, 11) is 0. The van der Waals surface area contributed by atoms with Gasteiger partial charge >= 0.3 is 0 Å². The molecule has 2 heterocycles. The van der Waals surface area contributed by atoms with Gasteiger partial charge in [-0.1, -0.05) is 45.8 Å². The first-order valence-corrected chi connectivity index (χ1v) is 10.6. The van der Waals surface area contributed by atoms with Crippen LogP contribution in [0.25, 0.3) is 11.0 Å². The van der Waals surface area contributed by atoms with Crippen LogP contribution in [0.1, 0.15) is 46.1 Å². The van der Waals surface area contributed by atoms with Crippen molar-refractivity contribution in [3.05, 3.63) is 69.4 Å². The van der Waals surface area contributed by atoms with E-state index in [2.05, 4.69) is 57.3 Å². The minimum atomic E-state index is -0.152. The number of hydrogen-bond acceptors (Lipinski definition) is 3. The van der Waals surface area contributed by atoms with Crippen LogP contribution < -0.4 is 5.32 Å². The third-order valence-corrected chi connectivity index (χ3v) is 6.10. The van der Waals surface area contributed by atoms with Crippen molar-refractivity contribution in [1.82, 2.24) is 10.2 Å². The Balaban J connectivity index is 1.54. The molecule has 1 aromatic heterocycles. The van der Waals surface area contributed by atoms with Gasteiger partial charge in [-0.3, -0.25) is 9.69 Å². The van der Waals surface area contributed by atoms with Gasteiger partial charge in [-0.25, -0.2) is 0 Å². The second-order valence-corrected chi connectivity index (χ2v) is 8.49. The number of hydrogen-bond donors (Lipinski definition) is 1. The Morgan fingerprint density at radius 2 is 1.86 bits per heavy atom. The van der Waals surface area contributed by atoms with Crippen molar-refractivity contribution >= 4 is 32.8 Å². The minimum absolute atomic E-state index is 0.152. The smallest absolute Gasteiger partial charge is 0.287 e. The highest BCUT2D eigenvalue weighted by Gasteiger charge is 2.25. The van der Waals surface area contributed by atoms with E-state index in [1.807, 2.05) is 25.1 Å². The van der Waals surface area contributed by atoms with E-state index in [-0.39, 0.29) is 11.9 Å². The zero-order valence-corrected chi connectivity index (χ0v) is 17.9. The van der Waals surface area contributed by atoms with Crippen molar-refractivity contribution < 1.29 is 9.21 Å². The summed E-state index contributed by atoms with van der Waals surface area (Å²) in [4.78, 5) is 15.4. The van der Waals surface area contributed by atoms with E-state index in [0.717, 1.165) is 34.1 Å². The van der Waals surface area contributed by atoms with Gasteiger partial charge in [-0.05, 0) is 63.5 Å². The molecule has 0 radical (unpaired) electrons. The Morgan fingerprint density at radius 3 is 2.57 bits per heavy atom. The fraction of sp³-hybridized carbons (Fsp3) is 0.348. The van der Waals surface area contributed by atoms with Gasteiger partial charge in [0.15, 0.2) is 5.76 Å². The number of fused-ring (bicyclic) bond motifs is 1. The maximum atomic E-state index is 12.9. The van der Waals surface area contributed by atoms with E-state index in [9.17, 15) is 4.79 Å². The first-order valence-electron chi connectivity index (χ1n) is 9.80. The molecule has 1 unspecified atom stereocenters. The monoisotopic (exact) mass is 440 g/mol. The standard InChI is InChI=1S/C23H25BrN2O2/c1-15-5-7-17(8-6-15)20(26-11-3-4-12-26)14-25-23(27)22-16(2)19-13-18(24)9-10-21(19)28-22/h5-10,13,20H,3-4,11-12,14H2,1-2H3,(H,25,27). The Morgan fingerprint density at radius 1 is 1.14 bits per heavy atom. The largest absolute Gasteiger partial charge is 0.451 e. The van der Waals surface area contributed by atoms with Crippen LogP contribution in [0, 0.1) is 13.8 Å². The highest BCUT2D eigenvalue weighted by molar-refractivity contribution is 9.10. The van der Waals surface area contributed by atoms with Crippen molar-refractivity contribution in [1.29, 1.82) is 0 Å². The van der Waals surface area contributed by atoms with Crippen LogP contribution in [0.4, 0.5) is 0 Å². The topological polar surface area (TPSA) is 45.5 Å². The number of aryl methyl sites for hydroxylation is 2. The normalized spacial score (nSPS) is 15.8. The molecule has 2 aromatic carbocycles. The fourth-order valence-corrected chi connectivity index (χ4v) is 4.34. The molecule has 3 aromatic rings. The third kappa shape index (κ3) is 3.87. The highest BCUT2D eigenvalue weighted by Crippen LogP contribution is 2.29. The Kier molecular flexibility index (Phi) is 5.56. The lowest BCUT2D eigenvalue weighted by Crippen LogP contribution is -2.36. The number of carbonyl (C=O) groups is 1. The van der Waals surface area contributed by atoms with E-state index in [0.29, 0.717) is 12.3 Å². The van der Waals surface area contributed by atoms with E-state index >= 15 is 0 Å². The van der Waals surface area contributed by atoms with Gasteiger partial charge < -0.3 is 9.73 Å². The lowest BCUT2D eigenvalue weighted by Gasteiger charge is -2.28. The molecule has 1 aliphatic heterocycles. The first kappa shape index (κ1) is 19.2. The van der Waals surface area contributed by atoms with E-state index in [1.165, 1.54) is 24.0 Å². The van der Waals surface area contributed by atoms with E-state index < -0.39 is 0 Å². The second-order valence-electron chi connectivity index (χ2n) is 7.58. The number of furan rings is 1. The Bertz CT molecular complexity index is 988. The van der Waals surface area contributed by atoms with E-state index in [1.54, 1.807) is 0 Å². The molecular weight excluding hydrogens is 416 g/mol. The molecule has 0 aliphatic carbocycles. The van der Waals surface area contributed by atoms with Crippen molar-refractivity contribution in [2.45, 2.75) is 32.7 Å². The molecule has 1 amide bonds. The maximum absolute atomic E-state index is 12.9. The Hall–Kier alpha value is -2.11. The first-order chi connectivity index (χ1) is 13.5. The molecule has 0 bridgehead atoms. The molecule has 0 saturated carbocycles. The molecule has 1 N–H and O–H groups in total. The highest BCUT2D eigenvalue weighted by atomic mass is 79.9. The van der Waals surface area contributed by atoms with Crippen molar-refractivity contribution in [2.24, 2.45) is 0 Å². The molecule has 28 heavy (non-hydrogen) atoms. The molecule has 1 atom stereocenters. The molecule has 4 nitrogen and oxygen atoms in total. The third-order valence-electron chi connectivity index (χ3n) is 5.60. The average molecular weight is 441 g/mol. The van der Waals surface area contributed by atoms with Crippen molar-refractivity contribution in [3.8, 4) is 0 Å². The number of benzene rings is 2. The zero-order valence-electron chi connectivity index (χ0n) is 16.3. The summed E-state index contributed by atoms with van der Waals surface area (Å²) in [5.41, 5.74) is 4.11.